The topological polar surface area (TPSA) is 72.2 Å². The van der Waals surface area contributed by atoms with E-state index in [1.54, 1.807) is 30.3 Å². The lowest BCUT2D eigenvalue weighted by Crippen LogP contribution is -2.20. The summed E-state index contributed by atoms with van der Waals surface area (Å²) in [6, 6.07) is 13.6. The van der Waals surface area contributed by atoms with E-state index in [1.165, 1.54) is 6.07 Å². The normalized spacial score (nSPS) is 9.95. The molecule has 0 aliphatic rings. The van der Waals surface area contributed by atoms with Crippen LogP contribution in [0.1, 0.15) is 20.7 Å². The molecule has 0 aliphatic heterocycles. The number of halogens is 1. The zero-order valence-corrected chi connectivity index (χ0v) is 11.5. The van der Waals surface area contributed by atoms with Gasteiger partial charge in [0.25, 0.3) is 5.91 Å². The number of anilines is 1. The molecule has 0 heterocycles. The second kappa shape index (κ2) is 5.67. The van der Waals surface area contributed by atoms with Crippen LogP contribution in [0, 0.1) is 0 Å². The van der Waals surface area contributed by atoms with Gasteiger partial charge in [0.2, 0.25) is 5.91 Å². The first kappa shape index (κ1) is 13.3. The summed E-state index contributed by atoms with van der Waals surface area (Å²) < 4.78 is 0.919. The molecule has 0 bridgehead atoms. The minimum atomic E-state index is -0.624. The number of nitrogens with one attached hydrogen (secondary N) is 1. The number of carbonyl (C=O) groups excluding carboxylic acids is 2. The number of nitrogens with two attached hydrogens (primary N) is 1. The number of primary amides is 1. The molecule has 2 aromatic rings. The Hall–Kier alpha value is -2.14. The van der Waals surface area contributed by atoms with Crippen LogP contribution in [0.2, 0.25) is 0 Å². The van der Waals surface area contributed by atoms with Crippen LogP contribution in [0.25, 0.3) is 0 Å². The summed E-state index contributed by atoms with van der Waals surface area (Å²) in [7, 11) is 0. The average Bonchev–Trinajstić information content (AvgIpc) is 2.41. The Morgan fingerprint density at radius 3 is 2.11 bits per heavy atom. The lowest BCUT2D eigenvalue weighted by Gasteiger charge is -2.08. The van der Waals surface area contributed by atoms with E-state index in [2.05, 4.69) is 21.2 Å². The van der Waals surface area contributed by atoms with E-state index in [1.807, 2.05) is 12.1 Å². The van der Waals surface area contributed by atoms with Crippen molar-refractivity contribution >= 4 is 33.4 Å². The molecule has 3 N–H and O–H groups in total. The van der Waals surface area contributed by atoms with Gasteiger partial charge < -0.3 is 11.1 Å². The van der Waals surface area contributed by atoms with Crippen LogP contribution in [0.3, 0.4) is 0 Å². The highest BCUT2D eigenvalue weighted by molar-refractivity contribution is 9.10. The van der Waals surface area contributed by atoms with E-state index in [9.17, 15) is 9.59 Å². The zero-order chi connectivity index (χ0) is 13.8. The highest BCUT2D eigenvalue weighted by Gasteiger charge is 2.14. The van der Waals surface area contributed by atoms with Gasteiger partial charge in [0.1, 0.15) is 0 Å². The Bertz CT molecular complexity index is 624. The summed E-state index contributed by atoms with van der Waals surface area (Å²) in [5.41, 5.74) is 6.35. The minimum absolute atomic E-state index is 0.206. The molecule has 4 nitrogen and oxygen atoms in total. The number of carbonyl (C=O) groups is 2. The van der Waals surface area contributed by atoms with Gasteiger partial charge in [-0.05, 0) is 36.4 Å². The molecule has 0 unspecified atom stereocenters. The van der Waals surface area contributed by atoms with Crippen LogP contribution in [0.5, 0.6) is 0 Å². The highest BCUT2D eigenvalue weighted by atomic mass is 79.9. The van der Waals surface area contributed by atoms with E-state index in [4.69, 9.17) is 5.73 Å². The predicted molar refractivity (Wildman–Crippen MR) is 77.1 cm³/mol. The van der Waals surface area contributed by atoms with Gasteiger partial charge in [-0.2, -0.15) is 0 Å². The van der Waals surface area contributed by atoms with Gasteiger partial charge in [-0.15, -0.1) is 0 Å². The van der Waals surface area contributed by atoms with Crippen molar-refractivity contribution in [3.8, 4) is 0 Å². The number of hydrogen-bond acceptors (Lipinski definition) is 2. The largest absolute Gasteiger partial charge is 0.366 e. The minimum Gasteiger partial charge on any atom is -0.366 e. The summed E-state index contributed by atoms with van der Waals surface area (Å²) >= 11 is 3.31. The Morgan fingerprint density at radius 2 is 1.53 bits per heavy atom. The maximum Gasteiger partial charge on any atom is 0.256 e. The van der Waals surface area contributed by atoms with Gasteiger partial charge in [-0.25, -0.2) is 0 Å². The fourth-order valence-electron chi connectivity index (χ4n) is 1.63. The summed E-state index contributed by atoms with van der Waals surface area (Å²) in [4.78, 5) is 23.4. The average molecular weight is 319 g/mol. The molecule has 2 amide bonds. The summed E-state index contributed by atoms with van der Waals surface area (Å²) in [5, 5.41) is 2.71. The molecule has 2 rings (SSSR count). The van der Waals surface area contributed by atoms with Crippen molar-refractivity contribution < 1.29 is 9.59 Å². The van der Waals surface area contributed by atoms with Crippen molar-refractivity contribution in [2.45, 2.75) is 0 Å². The second-order valence-corrected chi connectivity index (χ2v) is 4.79. The lowest BCUT2D eigenvalue weighted by atomic mass is 10.1. The molecule has 5 heteroatoms. The van der Waals surface area contributed by atoms with E-state index in [0.717, 1.165) is 4.47 Å². The summed E-state index contributed by atoms with van der Waals surface area (Å²) in [6.07, 6.45) is 0. The molecular formula is C14H11BrN2O2. The third-order valence-electron chi connectivity index (χ3n) is 2.54. The van der Waals surface area contributed by atoms with Crippen molar-refractivity contribution in [1.29, 1.82) is 0 Å². The first-order valence-electron chi connectivity index (χ1n) is 5.53. The van der Waals surface area contributed by atoms with Gasteiger partial charge in [0, 0.05) is 10.2 Å². The Labute approximate surface area is 118 Å². The third kappa shape index (κ3) is 3.20. The van der Waals surface area contributed by atoms with E-state index in [-0.39, 0.29) is 17.0 Å². The Kier molecular flexibility index (Phi) is 3.97. The van der Waals surface area contributed by atoms with E-state index < -0.39 is 5.91 Å². The van der Waals surface area contributed by atoms with Crippen molar-refractivity contribution in [2.24, 2.45) is 5.73 Å². The maximum absolute atomic E-state index is 12.1. The zero-order valence-electron chi connectivity index (χ0n) is 9.89. The molecular weight excluding hydrogens is 308 g/mol. The van der Waals surface area contributed by atoms with Gasteiger partial charge in [-0.3, -0.25) is 9.59 Å². The molecule has 0 spiro atoms. The van der Waals surface area contributed by atoms with E-state index >= 15 is 0 Å². The highest BCUT2D eigenvalue weighted by Crippen LogP contribution is 2.16. The van der Waals surface area contributed by atoms with Crippen molar-refractivity contribution in [2.75, 3.05) is 5.32 Å². The van der Waals surface area contributed by atoms with Gasteiger partial charge in [-0.1, -0.05) is 28.1 Å². The molecule has 0 radical (unpaired) electrons. The fourth-order valence-corrected chi connectivity index (χ4v) is 1.89. The SMILES string of the molecule is NC(=O)c1ccccc1C(=O)Nc1ccc(Br)cc1. The molecule has 0 aliphatic carbocycles. The molecule has 0 saturated heterocycles. The van der Waals surface area contributed by atoms with Crippen LogP contribution < -0.4 is 11.1 Å². The standard InChI is InChI=1S/C14H11BrN2O2/c15-9-5-7-10(8-6-9)17-14(19)12-4-2-1-3-11(12)13(16)18/h1-8H,(H2,16,18)(H,17,19). The monoisotopic (exact) mass is 318 g/mol. The maximum atomic E-state index is 12.1. The van der Waals surface area contributed by atoms with Gasteiger partial charge in [0.15, 0.2) is 0 Å². The first-order chi connectivity index (χ1) is 9.08. The second-order valence-electron chi connectivity index (χ2n) is 3.87. The van der Waals surface area contributed by atoms with Crippen LogP contribution >= 0.6 is 15.9 Å². The Balaban J connectivity index is 2.25. The number of rotatable bonds is 3. The third-order valence-corrected chi connectivity index (χ3v) is 3.07. The molecule has 0 aromatic heterocycles. The number of amides is 2. The van der Waals surface area contributed by atoms with Crippen molar-refractivity contribution in [1.82, 2.24) is 0 Å². The molecule has 19 heavy (non-hydrogen) atoms. The number of hydrogen-bond donors (Lipinski definition) is 2. The smallest absolute Gasteiger partial charge is 0.256 e. The van der Waals surface area contributed by atoms with Gasteiger partial charge in [0.05, 0.1) is 11.1 Å². The quantitative estimate of drug-likeness (QED) is 0.913. The van der Waals surface area contributed by atoms with Crippen LogP contribution in [-0.4, -0.2) is 11.8 Å². The van der Waals surface area contributed by atoms with Crippen LogP contribution in [0.4, 0.5) is 5.69 Å². The molecule has 0 fully saturated rings. The first-order valence-corrected chi connectivity index (χ1v) is 6.33. The summed E-state index contributed by atoms with van der Waals surface area (Å²) in [5.74, 6) is -0.988. The van der Waals surface area contributed by atoms with Crippen LogP contribution in [0.15, 0.2) is 53.0 Å². The fraction of sp³-hybridized carbons (Fsp3) is 0. The van der Waals surface area contributed by atoms with E-state index in [0.29, 0.717) is 5.69 Å². The number of benzene rings is 2. The van der Waals surface area contributed by atoms with Gasteiger partial charge >= 0.3 is 0 Å². The van der Waals surface area contributed by atoms with Crippen molar-refractivity contribution in [3.63, 3.8) is 0 Å². The Morgan fingerprint density at radius 1 is 0.947 bits per heavy atom. The molecule has 96 valence electrons. The summed E-state index contributed by atoms with van der Waals surface area (Å²) in [6.45, 7) is 0. The predicted octanol–water partition coefficient (Wildman–Crippen LogP) is 2.80. The molecule has 0 atom stereocenters. The van der Waals surface area contributed by atoms with Crippen molar-refractivity contribution in [3.05, 3.63) is 64.1 Å². The lowest BCUT2D eigenvalue weighted by molar-refractivity contribution is 0.0977. The molecule has 0 saturated carbocycles. The van der Waals surface area contributed by atoms with Crippen LogP contribution in [-0.2, 0) is 0 Å². The molecule has 2 aromatic carbocycles.